The molecule has 1 rings (SSSR count). The summed E-state index contributed by atoms with van der Waals surface area (Å²) in [4.78, 5) is 0. The van der Waals surface area contributed by atoms with Gasteiger partial charge in [0.2, 0.25) is 0 Å². The van der Waals surface area contributed by atoms with Gasteiger partial charge in [-0.1, -0.05) is 30.9 Å². The summed E-state index contributed by atoms with van der Waals surface area (Å²) in [5, 5.41) is 0. The third-order valence-corrected chi connectivity index (χ3v) is 1.75. The molecule has 1 heterocycles. The zero-order chi connectivity index (χ0) is 9.68. The molecule has 1 aromatic heterocycles. The molecule has 0 fully saturated rings. The van der Waals surface area contributed by atoms with E-state index in [4.69, 9.17) is 4.42 Å². The molecule has 0 spiro atoms. The van der Waals surface area contributed by atoms with E-state index < -0.39 is 0 Å². The summed E-state index contributed by atoms with van der Waals surface area (Å²) in [6.45, 7) is 7.55. The summed E-state index contributed by atoms with van der Waals surface area (Å²) in [7, 11) is 0. The van der Waals surface area contributed by atoms with E-state index in [1.165, 1.54) is 0 Å². The highest BCUT2D eigenvalue weighted by Crippen LogP contribution is 2.18. The second-order valence-electron chi connectivity index (χ2n) is 2.75. The number of hydrogen-bond acceptors (Lipinski definition) is 1. The first-order valence-electron chi connectivity index (χ1n) is 4.30. The van der Waals surface area contributed by atoms with Gasteiger partial charge in [0, 0.05) is 5.57 Å². The molecule has 1 nitrogen and oxygen atoms in total. The van der Waals surface area contributed by atoms with E-state index in [9.17, 15) is 0 Å². The van der Waals surface area contributed by atoms with E-state index in [2.05, 4.69) is 6.58 Å². The maximum Gasteiger partial charge on any atom is 0.133 e. The van der Waals surface area contributed by atoms with Crippen LogP contribution in [0.4, 0.5) is 0 Å². The van der Waals surface area contributed by atoms with Gasteiger partial charge in [0.1, 0.15) is 11.5 Å². The van der Waals surface area contributed by atoms with E-state index in [-0.39, 0.29) is 0 Å². The van der Waals surface area contributed by atoms with Gasteiger partial charge >= 0.3 is 0 Å². The van der Waals surface area contributed by atoms with Crippen LogP contribution in [0.15, 0.2) is 47.4 Å². The molecular weight excluding hydrogens is 160 g/mol. The highest BCUT2D eigenvalue weighted by atomic mass is 16.3. The smallest absolute Gasteiger partial charge is 0.133 e. The molecule has 0 aliphatic rings. The number of furan rings is 1. The van der Waals surface area contributed by atoms with E-state index in [0.717, 1.165) is 17.1 Å². The van der Waals surface area contributed by atoms with Crippen LogP contribution in [0.2, 0.25) is 0 Å². The highest BCUT2D eigenvalue weighted by molar-refractivity contribution is 5.70. The lowest BCUT2D eigenvalue weighted by Crippen LogP contribution is -1.73. The Morgan fingerprint density at radius 1 is 1.46 bits per heavy atom. The van der Waals surface area contributed by atoms with Crippen LogP contribution < -0.4 is 0 Å². The van der Waals surface area contributed by atoms with Crippen LogP contribution in [0.25, 0.3) is 5.57 Å². The molecule has 0 amide bonds. The fraction of sp³-hybridized carbons (Fsp3) is 0.167. The number of hydrogen-bond donors (Lipinski definition) is 0. The normalized spacial score (nSPS) is 12.3. The zero-order valence-electron chi connectivity index (χ0n) is 8.08. The lowest BCUT2D eigenvalue weighted by molar-refractivity contribution is 0.522. The Bertz CT molecular complexity index is 340. The summed E-state index contributed by atoms with van der Waals surface area (Å²) in [6.07, 6.45) is 7.63. The van der Waals surface area contributed by atoms with Gasteiger partial charge in [0.15, 0.2) is 0 Å². The molecule has 0 saturated heterocycles. The molecule has 0 N–H and O–H groups in total. The van der Waals surface area contributed by atoms with Crippen LogP contribution in [-0.2, 0) is 0 Å². The van der Waals surface area contributed by atoms with Crippen molar-refractivity contribution in [2.45, 2.75) is 13.8 Å². The average Bonchev–Trinajstić information content (AvgIpc) is 2.54. The van der Waals surface area contributed by atoms with Crippen molar-refractivity contribution in [2.24, 2.45) is 0 Å². The molecule has 1 aromatic rings. The van der Waals surface area contributed by atoms with Gasteiger partial charge in [-0.2, -0.15) is 0 Å². The lowest BCUT2D eigenvalue weighted by atomic mass is 10.2. The van der Waals surface area contributed by atoms with E-state index in [1.807, 2.05) is 44.2 Å². The second kappa shape index (κ2) is 4.51. The van der Waals surface area contributed by atoms with Crippen molar-refractivity contribution >= 4 is 5.57 Å². The third-order valence-electron chi connectivity index (χ3n) is 1.75. The van der Waals surface area contributed by atoms with Crippen LogP contribution in [-0.4, -0.2) is 0 Å². The number of aryl methyl sites for hydroxylation is 1. The minimum absolute atomic E-state index is 0.901. The van der Waals surface area contributed by atoms with Gasteiger partial charge in [-0.15, -0.1) is 0 Å². The van der Waals surface area contributed by atoms with Crippen LogP contribution in [0.5, 0.6) is 0 Å². The number of rotatable bonds is 3. The summed E-state index contributed by atoms with van der Waals surface area (Å²) in [5.41, 5.74) is 1.08. The van der Waals surface area contributed by atoms with Crippen molar-refractivity contribution in [1.29, 1.82) is 0 Å². The van der Waals surface area contributed by atoms with E-state index in [1.54, 1.807) is 6.08 Å². The molecule has 0 radical (unpaired) electrons. The minimum atomic E-state index is 0.901. The standard InChI is InChI=1S/C12H14O/c1-4-6-7-11(5-2)12-9-8-10(3)13-12/h4-9H,1H2,2-3H3/b7-6-,11-5+. The van der Waals surface area contributed by atoms with Gasteiger partial charge < -0.3 is 4.42 Å². The first-order valence-corrected chi connectivity index (χ1v) is 4.30. The van der Waals surface area contributed by atoms with Gasteiger partial charge in [-0.25, -0.2) is 0 Å². The Morgan fingerprint density at radius 2 is 2.23 bits per heavy atom. The summed E-state index contributed by atoms with van der Waals surface area (Å²) < 4.78 is 5.48. The minimum Gasteiger partial charge on any atom is -0.461 e. The quantitative estimate of drug-likeness (QED) is 0.636. The van der Waals surface area contributed by atoms with Gasteiger partial charge in [-0.3, -0.25) is 0 Å². The maximum atomic E-state index is 5.48. The Kier molecular flexibility index (Phi) is 3.32. The van der Waals surface area contributed by atoms with Crippen molar-refractivity contribution < 1.29 is 4.42 Å². The topological polar surface area (TPSA) is 13.1 Å². The molecule has 0 unspecified atom stereocenters. The first-order chi connectivity index (χ1) is 6.27. The maximum absolute atomic E-state index is 5.48. The predicted molar refractivity (Wildman–Crippen MR) is 56.4 cm³/mol. The van der Waals surface area contributed by atoms with Crippen molar-refractivity contribution in [2.75, 3.05) is 0 Å². The molecular formula is C12H14O. The Labute approximate surface area is 79.1 Å². The zero-order valence-corrected chi connectivity index (χ0v) is 8.08. The van der Waals surface area contributed by atoms with Gasteiger partial charge in [0.05, 0.1) is 0 Å². The second-order valence-corrected chi connectivity index (χ2v) is 2.75. The molecule has 0 bridgehead atoms. The average molecular weight is 174 g/mol. The summed E-state index contributed by atoms with van der Waals surface area (Å²) in [6, 6.07) is 3.93. The molecule has 0 atom stereocenters. The first kappa shape index (κ1) is 9.59. The molecule has 0 aromatic carbocycles. The fourth-order valence-corrected chi connectivity index (χ4v) is 1.08. The number of allylic oxidation sites excluding steroid dienone is 5. The molecule has 0 aliphatic carbocycles. The van der Waals surface area contributed by atoms with Gasteiger partial charge in [-0.05, 0) is 26.0 Å². The largest absolute Gasteiger partial charge is 0.461 e. The fourth-order valence-electron chi connectivity index (χ4n) is 1.08. The Morgan fingerprint density at radius 3 is 2.69 bits per heavy atom. The monoisotopic (exact) mass is 174 g/mol. The van der Waals surface area contributed by atoms with Crippen LogP contribution in [0, 0.1) is 6.92 Å². The molecule has 1 heteroatoms. The van der Waals surface area contributed by atoms with E-state index >= 15 is 0 Å². The van der Waals surface area contributed by atoms with Crippen LogP contribution >= 0.6 is 0 Å². The summed E-state index contributed by atoms with van der Waals surface area (Å²) >= 11 is 0. The van der Waals surface area contributed by atoms with Crippen LogP contribution in [0.1, 0.15) is 18.4 Å². The Hall–Kier alpha value is -1.50. The SMILES string of the molecule is C=C/C=C\C(=C/C)c1ccc(C)o1. The molecule has 0 aliphatic heterocycles. The Balaban J connectivity index is 2.91. The summed E-state index contributed by atoms with van der Waals surface area (Å²) in [5.74, 6) is 1.83. The highest BCUT2D eigenvalue weighted by Gasteiger charge is 2.00. The van der Waals surface area contributed by atoms with Crippen molar-refractivity contribution in [1.82, 2.24) is 0 Å². The van der Waals surface area contributed by atoms with Crippen molar-refractivity contribution in [3.05, 3.63) is 54.5 Å². The lowest BCUT2D eigenvalue weighted by Gasteiger charge is -1.94. The van der Waals surface area contributed by atoms with Crippen molar-refractivity contribution in [3.63, 3.8) is 0 Å². The molecule has 13 heavy (non-hydrogen) atoms. The third kappa shape index (κ3) is 2.48. The van der Waals surface area contributed by atoms with Gasteiger partial charge in [0.25, 0.3) is 0 Å². The molecule has 0 saturated carbocycles. The molecule has 68 valence electrons. The van der Waals surface area contributed by atoms with E-state index in [0.29, 0.717) is 0 Å². The predicted octanol–water partition coefficient (Wildman–Crippen LogP) is 3.73. The van der Waals surface area contributed by atoms with Crippen LogP contribution in [0.3, 0.4) is 0 Å². The van der Waals surface area contributed by atoms with Crippen molar-refractivity contribution in [3.8, 4) is 0 Å².